The van der Waals surface area contributed by atoms with Gasteiger partial charge >= 0.3 is 0 Å². The highest BCUT2D eigenvalue weighted by Crippen LogP contribution is 2.24. The average Bonchev–Trinajstić information content (AvgIpc) is 2.39. The molecule has 0 unspecified atom stereocenters. The van der Waals surface area contributed by atoms with Crippen molar-refractivity contribution >= 4 is 27.8 Å². The van der Waals surface area contributed by atoms with Crippen LogP contribution in [-0.2, 0) is 0 Å². The Hall–Kier alpha value is -2.14. The fourth-order valence-electron chi connectivity index (χ4n) is 1.63. The molecule has 2 rings (SSSR count). The van der Waals surface area contributed by atoms with Crippen LogP contribution >= 0.6 is 15.9 Å². The predicted molar refractivity (Wildman–Crippen MR) is 77.2 cm³/mol. The zero-order valence-electron chi connectivity index (χ0n) is 10.2. The second kappa shape index (κ2) is 5.88. The van der Waals surface area contributed by atoms with Crippen molar-refractivity contribution in [1.82, 2.24) is 0 Å². The van der Waals surface area contributed by atoms with E-state index in [1.165, 1.54) is 30.3 Å². The van der Waals surface area contributed by atoms with Gasteiger partial charge in [0.25, 0.3) is 0 Å². The van der Waals surface area contributed by atoms with E-state index in [1.54, 1.807) is 6.07 Å². The van der Waals surface area contributed by atoms with Crippen molar-refractivity contribution in [3.05, 3.63) is 63.9 Å². The first-order chi connectivity index (χ1) is 9.47. The number of phenolic OH excluding ortho intramolecular Hbond substituents is 2. The predicted octanol–water partition coefficient (Wildman–Crippen LogP) is 3.90. The highest BCUT2D eigenvalue weighted by atomic mass is 79.9. The van der Waals surface area contributed by atoms with Crippen molar-refractivity contribution in [2.24, 2.45) is 0 Å². The number of benzene rings is 2. The van der Waals surface area contributed by atoms with Gasteiger partial charge in [0.1, 0.15) is 17.3 Å². The maximum atomic E-state index is 13.5. The number of carbonyl (C=O) groups excluding carboxylic acids is 1. The number of hydrogen-bond acceptors (Lipinski definition) is 3. The Morgan fingerprint density at radius 2 is 1.90 bits per heavy atom. The molecule has 5 heteroatoms. The molecule has 0 aliphatic heterocycles. The van der Waals surface area contributed by atoms with Crippen LogP contribution in [0.5, 0.6) is 11.5 Å². The Bertz CT molecular complexity index is 696. The largest absolute Gasteiger partial charge is 0.508 e. The van der Waals surface area contributed by atoms with E-state index >= 15 is 0 Å². The molecule has 0 radical (unpaired) electrons. The molecule has 0 heterocycles. The monoisotopic (exact) mass is 336 g/mol. The second-order valence-electron chi connectivity index (χ2n) is 4.06. The smallest absolute Gasteiger partial charge is 0.189 e. The van der Waals surface area contributed by atoms with E-state index in [0.29, 0.717) is 4.47 Å². The van der Waals surface area contributed by atoms with Gasteiger partial charge in [-0.2, -0.15) is 0 Å². The summed E-state index contributed by atoms with van der Waals surface area (Å²) in [5.74, 6) is -1.40. The summed E-state index contributed by atoms with van der Waals surface area (Å²) in [5, 5.41) is 18.7. The van der Waals surface area contributed by atoms with Gasteiger partial charge in [0.2, 0.25) is 0 Å². The minimum absolute atomic E-state index is 0.0365. The van der Waals surface area contributed by atoms with Crippen molar-refractivity contribution in [3.63, 3.8) is 0 Å². The minimum Gasteiger partial charge on any atom is -0.508 e. The lowest BCUT2D eigenvalue weighted by Crippen LogP contribution is -1.94. The Labute approximate surface area is 123 Å². The van der Waals surface area contributed by atoms with Gasteiger partial charge in [-0.3, -0.25) is 4.79 Å². The normalized spacial score (nSPS) is 10.9. The highest BCUT2D eigenvalue weighted by Gasteiger charge is 2.09. The van der Waals surface area contributed by atoms with Crippen LogP contribution in [0.25, 0.3) is 6.08 Å². The number of hydrogen-bond donors (Lipinski definition) is 2. The molecule has 0 aromatic heterocycles. The SMILES string of the molecule is O=C(/C=C/c1cc(Br)ccc1F)c1ccc(O)cc1O. The lowest BCUT2D eigenvalue weighted by atomic mass is 10.1. The third kappa shape index (κ3) is 3.24. The molecule has 102 valence electrons. The third-order valence-electron chi connectivity index (χ3n) is 2.62. The van der Waals surface area contributed by atoms with Crippen molar-refractivity contribution in [3.8, 4) is 11.5 Å². The molecule has 0 atom stereocenters. The van der Waals surface area contributed by atoms with E-state index in [4.69, 9.17) is 5.11 Å². The number of phenols is 2. The average molecular weight is 337 g/mol. The Balaban J connectivity index is 2.27. The summed E-state index contributed by atoms with van der Waals surface area (Å²) in [6.45, 7) is 0. The van der Waals surface area contributed by atoms with Crippen molar-refractivity contribution in [2.75, 3.05) is 0 Å². The minimum atomic E-state index is -0.484. The van der Waals surface area contributed by atoms with Gasteiger partial charge in [0, 0.05) is 16.1 Å². The Morgan fingerprint density at radius 3 is 2.60 bits per heavy atom. The molecule has 0 bridgehead atoms. The van der Waals surface area contributed by atoms with E-state index in [0.717, 1.165) is 12.1 Å². The quantitative estimate of drug-likeness (QED) is 0.660. The van der Waals surface area contributed by atoms with Gasteiger partial charge in [-0.1, -0.05) is 15.9 Å². The summed E-state index contributed by atoms with van der Waals surface area (Å²) in [6.07, 6.45) is 2.49. The summed E-state index contributed by atoms with van der Waals surface area (Å²) in [4.78, 5) is 11.9. The van der Waals surface area contributed by atoms with Crippen LogP contribution in [0, 0.1) is 5.82 Å². The maximum absolute atomic E-state index is 13.5. The van der Waals surface area contributed by atoms with Crippen LogP contribution in [0.15, 0.2) is 46.9 Å². The van der Waals surface area contributed by atoms with Crippen molar-refractivity contribution in [1.29, 1.82) is 0 Å². The van der Waals surface area contributed by atoms with E-state index in [9.17, 15) is 14.3 Å². The fraction of sp³-hybridized carbons (Fsp3) is 0. The number of carbonyl (C=O) groups is 1. The molecule has 2 N–H and O–H groups in total. The van der Waals surface area contributed by atoms with Gasteiger partial charge in [-0.15, -0.1) is 0 Å². The number of ketones is 1. The lowest BCUT2D eigenvalue weighted by Gasteiger charge is -2.01. The molecule has 0 spiro atoms. The molecule has 0 aliphatic rings. The number of allylic oxidation sites excluding steroid dienone is 1. The summed E-state index contributed by atoms with van der Waals surface area (Å²) in [5.41, 5.74) is 0.292. The Morgan fingerprint density at radius 1 is 1.15 bits per heavy atom. The van der Waals surface area contributed by atoms with Crippen LogP contribution in [0.3, 0.4) is 0 Å². The van der Waals surface area contributed by atoms with Crippen molar-refractivity contribution < 1.29 is 19.4 Å². The summed E-state index contributed by atoms with van der Waals surface area (Å²) < 4.78 is 14.2. The van der Waals surface area contributed by atoms with Crippen LogP contribution in [-0.4, -0.2) is 16.0 Å². The van der Waals surface area contributed by atoms with Crippen LogP contribution in [0.4, 0.5) is 4.39 Å². The van der Waals surface area contributed by atoms with Gasteiger partial charge < -0.3 is 10.2 Å². The van der Waals surface area contributed by atoms with Gasteiger partial charge in [-0.25, -0.2) is 4.39 Å². The van der Waals surface area contributed by atoms with E-state index in [2.05, 4.69) is 15.9 Å². The maximum Gasteiger partial charge on any atom is 0.189 e. The second-order valence-corrected chi connectivity index (χ2v) is 4.98. The fourth-order valence-corrected chi connectivity index (χ4v) is 2.00. The standard InChI is InChI=1S/C15H10BrFO3/c16-10-2-5-13(17)9(7-10)1-6-14(19)12-4-3-11(18)8-15(12)20/h1-8,18,20H/b6-1+. The lowest BCUT2D eigenvalue weighted by molar-refractivity contribution is 0.104. The number of aromatic hydroxyl groups is 2. The summed E-state index contributed by atoms with van der Waals surface area (Å²) >= 11 is 3.21. The summed E-state index contributed by atoms with van der Waals surface area (Å²) in [6, 6.07) is 8.04. The molecular formula is C15H10BrFO3. The van der Waals surface area contributed by atoms with E-state index in [1.807, 2.05) is 0 Å². The molecule has 3 nitrogen and oxygen atoms in total. The number of rotatable bonds is 3. The molecule has 0 fully saturated rings. The molecule has 0 aliphatic carbocycles. The number of halogens is 2. The van der Waals surface area contributed by atoms with Gasteiger partial charge in [-0.05, 0) is 42.5 Å². The zero-order valence-corrected chi connectivity index (χ0v) is 11.8. The van der Waals surface area contributed by atoms with Gasteiger partial charge in [0.15, 0.2) is 5.78 Å². The van der Waals surface area contributed by atoms with Crippen LogP contribution in [0.2, 0.25) is 0 Å². The van der Waals surface area contributed by atoms with E-state index in [-0.39, 0.29) is 22.6 Å². The molecule has 0 saturated carbocycles. The molecular weight excluding hydrogens is 327 g/mol. The van der Waals surface area contributed by atoms with E-state index < -0.39 is 11.6 Å². The summed E-state index contributed by atoms with van der Waals surface area (Å²) in [7, 11) is 0. The molecule has 2 aromatic rings. The van der Waals surface area contributed by atoms with Crippen LogP contribution in [0.1, 0.15) is 15.9 Å². The van der Waals surface area contributed by atoms with Gasteiger partial charge in [0.05, 0.1) is 5.56 Å². The molecule has 2 aromatic carbocycles. The molecule has 20 heavy (non-hydrogen) atoms. The first-order valence-corrected chi connectivity index (χ1v) is 6.46. The molecule has 0 amide bonds. The highest BCUT2D eigenvalue weighted by molar-refractivity contribution is 9.10. The van der Waals surface area contributed by atoms with Crippen LogP contribution < -0.4 is 0 Å². The Kier molecular flexibility index (Phi) is 4.20. The first kappa shape index (κ1) is 14.3. The topological polar surface area (TPSA) is 57.5 Å². The van der Waals surface area contributed by atoms with Crippen molar-refractivity contribution in [2.45, 2.75) is 0 Å². The molecule has 0 saturated heterocycles. The third-order valence-corrected chi connectivity index (χ3v) is 3.11. The first-order valence-electron chi connectivity index (χ1n) is 5.67. The zero-order chi connectivity index (χ0) is 14.7.